The molecule has 3 rings (SSSR count). The van der Waals surface area contributed by atoms with Crippen molar-refractivity contribution in [1.82, 2.24) is 0 Å². The van der Waals surface area contributed by atoms with Crippen LogP contribution >= 0.6 is 23.4 Å². The number of thioether (sulfide) groups is 1. The van der Waals surface area contributed by atoms with E-state index in [0.717, 1.165) is 10.5 Å². The van der Waals surface area contributed by atoms with Gasteiger partial charge in [0.05, 0.1) is 0 Å². The molecule has 2 nitrogen and oxygen atoms in total. The van der Waals surface area contributed by atoms with Gasteiger partial charge in [-0.1, -0.05) is 29.8 Å². The maximum absolute atomic E-state index is 11.9. The highest BCUT2D eigenvalue weighted by Gasteiger charge is 2.34. The third-order valence-corrected chi connectivity index (χ3v) is 4.14. The monoisotopic (exact) mass is 276 g/mol. The molecule has 18 heavy (non-hydrogen) atoms. The lowest BCUT2D eigenvalue weighted by molar-refractivity contribution is -0.132. The van der Waals surface area contributed by atoms with Gasteiger partial charge in [0.1, 0.15) is 11.0 Å². The van der Waals surface area contributed by atoms with Crippen molar-refractivity contribution in [3.8, 4) is 5.75 Å². The number of halogens is 1. The lowest BCUT2D eigenvalue weighted by Gasteiger charge is -2.06. The number of fused-ring (bicyclic) bond motifs is 1. The van der Waals surface area contributed by atoms with Crippen LogP contribution in [0.4, 0.5) is 0 Å². The van der Waals surface area contributed by atoms with Crippen LogP contribution in [0.25, 0.3) is 0 Å². The van der Waals surface area contributed by atoms with Crippen molar-refractivity contribution < 1.29 is 9.53 Å². The summed E-state index contributed by atoms with van der Waals surface area (Å²) < 4.78 is 5.23. The average Bonchev–Trinajstić information content (AvgIpc) is 2.67. The summed E-state index contributed by atoms with van der Waals surface area (Å²) in [5, 5.41) is 0.284. The molecule has 1 aliphatic heterocycles. The summed E-state index contributed by atoms with van der Waals surface area (Å²) in [4.78, 5) is 12.9. The third-order valence-electron chi connectivity index (χ3n) is 2.68. The molecule has 1 aliphatic rings. The van der Waals surface area contributed by atoms with E-state index in [2.05, 4.69) is 0 Å². The summed E-state index contributed by atoms with van der Waals surface area (Å²) in [6.07, 6.45) is 0. The zero-order valence-electron chi connectivity index (χ0n) is 9.30. The van der Waals surface area contributed by atoms with Crippen molar-refractivity contribution in [3.63, 3.8) is 0 Å². The summed E-state index contributed by atoms with van der Waals surface area (Å²) in [5.41, 5.74) is 0.848. The van der Waals surface area contributed by atoms with Crippen LogP contribution in [0.2, 0.25) is 5.02 Å². The first-order valence-electron chi connectivity index (χ1n) is 5.47. The number of carbonyl (C=O) groups excluding carboxylic acids is 1. The van der Waals surface area contributed by atoms with Gasteiger partial charge in [0.15, 0.2) is 0 Å². The Morgan fingerprint density at radius 1 is 1.11 bits per heavy atom. The molecule has 0 saturated carbocycles. The molecule has 2 aromatic rings. The van der Waals surface area contributed by atoms with Crippen LogP contribution in [-0.2, 0) is 4.79 Å². The Hall–Kier alpha value is -1.45. The van der Waals surface area contributed by atoms with E-state index in [4.69, 9.17) is 16.3 Å². The Labute approximate surface area is 114 Å². The van der Waals surface area contributed by atoms with Gasteiger partial charge < -0.3 is 4.74 Å². The van der Waals surface area contributed by atoms with E-state index < -0.39 is 0 Å². The molecular formula is C14H9ClO2S. The van der Waals surface area contributed by atoms with E-state index in [-0.39, 0.29) is 11.2 Å². The Kier molecular flexibility index (Phi) is 3.02. The first-order valence-corrected chi connectivity index (χ1v) is 6.72. The summed E-state index contributed by atoms with van der Waals surface area (Å²) in [6, 6.07) is 15.0. The SMILES string of the molecule is O=C1Oc2ccc(Cl)cc2C1Sc1ccccc1. The maximum Gasteiger partial charge on any atom is 0.329 e. The Morgan fingerprint density at radius 2 is 1.89 bits per heavy atom. The lowest BCUT2D eigenvalue weighted by Crippen LogP contribution is -2.06. The number of carbonyl (C=O) groups is 1. The van der Waals surface area contributed by atoms with Crippen LogP contribution in [0, 0.1) is 0 Å². The summed E-state index contributed by atoms with van der Waals surface area (Å²) in [6.45, 7) is 0. The van der Waals surface area contributed by atoms with Crippen LogP contribution in [0.3, 0.4) is 0 Å². The number of benzene rings is 2. The minimum Gasteiger partial charge on any atom is -0.425 e. The van der Waals surface area contributed by atoms with Gasteiger partial charge in [-0.05, 0) is 30.3 Å². The standard InChI is InChI=1S/C14H9ClO2S/c15-9-6-7-12-11(8-9)13(14(16)17-12)18-10-4-2-1-3-5-10/h1-8,13H. The van der Waals surface area contributed by atoms with Gasteiger partial charge in [-0.25, -0.2) is 0 Å². The number of hydrogen-bond donors (Lipinski definition) is 0. The van der Waals surface area contributed by atoms with Crippen LogP contribution < -0.4 is 4.74 Å². The Balaban J connectivity index is 1.94. The second kappa shape index (κ2) is 4.67. The molecule has 0 bridgehead atoms. The highest BCUT2D eigenvalue weighted by molar-refractivity contribution is 8.00. The van der Waals surface area contributed by atoms with Gasteiger partial charge in [0.2, 0.25) is 0 Å². The molecule has 0 N–H and O–H groups in total. The first kappa shape index (κ1) is 11.6. The number of esters is 1. The molecule has 0 aromatic heterocycles. The van der Waals surface area contributed by atoms with Gasteiger partial charge in [0.25, 0.3) is 0 Å². The second-order valence-corrected chi connectivity index (χ2v) is 5.53. The van der Waals surface area contributed by atoms with Crippen molar-refractivity contribution in [2.24, 2.45) is 0 Å². The second-order valence-electron chi connectivity index (χ2n) is 3.91. The normalized spacial score (nSPS) is 17.4. The van der Waals surface area contributed by atoms with Crippen molar-refractivity contribution in [1.29, 1.82) is 0 Å². The van der Waals surface area contributed by atoms with Crippen molar-refractivity contribution in [3.05, 3.63) is 59.1 Å². The highest BCUT2D eigenvalue weighted by atomic mass is 35.5. The molecule has 1 heterocycles. The molecule has 1 unspecified atom stereocenters. The topological polar surface area (TPSA) is 26.3 Å². The third kappa shape index (κ3) is 2.11. The van der Waals surface area contributed by atoms with Crippen molar-refractivity contribution in [2.75, 3.05) is 0 Å². The average molecular weight is 277 g/mol. The van der Waals surface area contributed by atoms with Gasteiger partial charge in [0, 0.05) is 15.5 Å². The van der Waals surface area contributed by atoms with Crippen LogP contribution in [0.5, 0.6) is 5.75 Å². The van der Waals surface area contributed by atoms with E-state index in [1.54, 1.807) is 18.2 Å². The Morgan fingerprint density at radius 3 is 2.67 bits per heavy atom. The molecular weight excluding hydrogens is 268 g/mol. The highest BCUT2D eigenvalue weighted by Crippen LogP contribution is 2.45. The fourth-order valence-electron chi connectivity index (χ4n) is 1.85. The number of rotatable bonds is 2. The molecule has 0 amide bonds. The summed E-state index contributed by atoms with van der Waals surface area (Å²) in [5.74, 6) is 0.374. The van der Waals surface area contributed by atoms with Crippen LogP contribution in [0.1, 0.15) is 10.8 Å². The van der Waals surface area contributed by atoms with Gasteiger partial charge in [-0.2, -0.15) is 0 Å². The summed E-state index contributed by atoms with van der Waals surface area (Å²) >= 11 is 7.44. The number of ether oxygens (including phenoxy) is 1. The van der Waals surface area contributed by atoms with Crippen LogP contribution in [-0.4, -0.2) is 5.97 Å². The predicted molar refractivity (Wildman–Crippen MR) is 72.1 cm³/mol. The van der Waals surface area contributed by atoms with E-state index in [1.807, 2.05) is 30.3 Å². The zero-order chi connectivity index (χ0) is 12.5. The predicted octanol–water partition coefficient (Wildman–Crippen LogP) is 4.09. The minimum atomic E-state index is -0.332. The van der Waals surface area contributed by atoms with Gasteiger partial charge in [-0.15, -0.1) is 11.8 Å². The largest absolute Gasteiger partial charge is 0.425 e. The molecule has 0 radical (unpaired) electrons. The molecule has 0 spiro atoms. The number of hydrogen-bond acceptors (Lipinski definition) is 3. The fourth-order valence-corrected chi connectivity index (χ4v) is 3.08. The van der Waals surface area contributed by atoms with Crippen LogP contribution in [0.15, 0.2) is 53.4 Å². The molecule has 90 valence electrons. The van der Waals surface area contributed by atoms with E-state index in [1.165, 1.54) is 11.8 Å². The molecule has 1 atom stereocenters. The minimum absolute atomic E-state index is 0.235. The molecule has 0 fully saturated rings. The van der Waals surface area contributed by atoms with E-state index in [9.17, 15) is 4.79 Å². The zero-order valence-corrected chi connectivity index (χ0v) is 10.9. The molecule has 0 aliphatic carbocycles. The maximum atomic E-state index is 11.9. The van der Waals surface area contributed by atoms with Gasteiger partial charge >= 0.3 is 5.97 Å². The quantitative estimate of drug-likeness (QED) is 0.610. The molecule has 4 heteroatoms. The van der Waals surface area contributed by atoms with Crippen molar-refractivity contribution >= 4 is 29.3 Å². The first-order chi connectivity index (χ1) is 8.74. The van der Waals surface area contributed by atoms with E-state index >= 15 is 0 Å². The molecule has 2 aromatic carbocycles. The molecule has 0 saturated heterocycles. The lowest BCUT2D eigenvalue weighted by atomic mass is 10.2. The van der Waals surface area contributed by atoms with E-state index in [0.29, 0.717) is 10.8 Å². The van der Waals surface area contributed by atoms with Crippen molar-refractivity contribution in [2.45, 2.75) is 10.1 Å². The smallest absolute Gasteiger partial charge is 0.329 e. The fraction of sp³-hybridized carbons (Fsp3) is 0.0714. The summed E-state index contributed by atoms with van der Waals surface area (Å²) in [7, 11) is 0. The Bertz CT molecular complexity index is 598. The van der Waals surface area contributed by atoms with Gasteiger partial charge in [-0.3, -0.25) is 4.79 Å².